The lowest BCUT2D eigenvalue weighted by molar-refractivity contribution is 0.472. The first-order valence-corrected chi connectivity index (χ1v) is 6.88. The Morgan fingerprint density at radius 2 is 1.71 bits per heavy atom. The molecule has 0 aliphatic carbocycles. The van der Waals surface area contributed by atoms with Gasteiger partial charge in [0.1, 0.15) is 29.0 Å². The van der Waals surface area contributed by atoms with Gasteiger partial charge < -0.3 is 9.73 Å². The van der Waals surface area contributed by atoms with Crippen molar-refractivity contribution in [3.8, 4) is 0 Å². The van der Waals surface area contributed by atoms with E-state index in [4.69, 9.17) is 4.42 Å². The number of benzene rings is 1. The number of rotatable bonds is 5. The number of furan rings is 1. The molecular formula is C16H18F3NO. The average molecular weight is 297 g/mol. The van der Waals surface area contributed by atoms with Gasteiger partial charge in [-0.05, 0) is 32.9 Å². The molecule has 1 atom stereocenters. The van der Waals surface area contributed by atoms with E-state index in [0.29, 0.717) is 35.8 Å². The molecule has 1 aromatic carbocycles. The summed E-state index contributed by atoms with van der Waals surface area (Å²) in [6.45, 7) is 6.03. The molecule has 0 spiro atoms. The standard InChI is InChI=1S/C16H18F3NO/c1-4-5-20-16(12-6-9(2)21-10(12)3)15-13(18)7-11(17)8-14(15)19/h6-8,16,20H,4-5H2,1-3H3. The second kappa shape index (κ2) is 6.35. The van der Waals surface area contributed by atoms with Gasteiger partial charge >= 0.3 is 0 Å². The Kier molecular flexibility index (Phi) is 4.73. The van der Waals surface area contributed by atoms with E-state index in [9.17, 15) is 13.2 Å². The van der Waals surface area contributed by atoms with Crippen molar-refractivity contribution in [3.05, 3.63) is 58.3 Å². The monoisotopic (exact) mass is 297 g/mol. The van der Waals surface area contributed by atoms with Crippen LogP contribution in [0.15, 0.2) is 22.6 Å². The Morgan fingerprint density at radius 3 is 2.19 bits per heavy atom. The number of aryl methyl sites for hydroxylation is 2. The Hall–Kier alpha value is -1.75. The smallest absolute Gasteiger partial charge is 0.134 e. The molecule has 0 bridgehead atoms. The van der Waals surface area contributed by atoms with Gasteiger partial charge in [-0.3, -0.25) is 0 Å². The number of hydrogen-bond donors (Lipinski definition) is 1. The highest BCUT2D eigenvalue weighted by Gasteiger charge is 2.25. The minimum Gasteiger partial charge on any atom is -0.466 e. The van der Waals surface area contributed by atoms with Crippen molar-refractivity contribution in [2.24, 2.45) is 0 Å². The van der Waals surface area contributed by atoms with Crippen LogP contribution in [0.25, 0.3) is 0 Å². The fourth-order valence-corrected chi connectivity index (χ4v) is 2.42. The molecule has 1 heterocycles. The Morgan fingerprint density at radius 1 is 1.10 bits per heavy atom. The molecule has 2 aromatic rings. The first-order chi connectivity index (χ1) is 9.93. The SMILES string of the molecule is CCCNC(c1cc(C)oc1C)c1c(F)cc(F)cc1F. The van der Waals surface area contributed by atoms with Gasteiger partial charge in [0, 0.05) is 23.3 Å². The quantitative estimate of drug-likeness (QED) is 0.884. The van der Waals surface area contributed by atoms with Crippen molar-refractivity contribution >= 4 is 0 Å². The summed E-state index contributed by atoms with van der Waals surface area (Å²) in [7, 11) is 0. The van der Waals surface area contributed by atoms with E-state index in [0.717, 1.165) is 6.42 Å². The van der Waals surface area contributed by atoms with Crippen LogP contribution < -0.4 is 5.32 Å². The number of nitrogens with one attached hydrogen (secondary N) is 1. The second-order valence-electron chi connectivity index (χ2n) is 5.04. The molecule has 0 saturated carbocycles. The van der Waals surface area contributed by atoms with Crippen molar-refractivity contribution in [2.45, 2.75) is 33.2 Å². The summed E-state index contributed by atoms with van der Waals surface area (Å²) in [4.78, 5) is 0. The van der Waals surface area contributed by atoms with E-state index in [1.807, 2.05) is 6.92 Å². The summed E-state index contributed by atoms with van der Waals surface area (Å²) in [6, 6.07) is 2.43. The molecule has 0 radical (unpaired) electrons. The number of hydrogen-bond acceptors (Lipinski definition) is 2. The average Bonchev–Trinajstić information content (AvgIpc) is 2.71. The van der Waals surface area contributed by atoms with Crippen LogP contribution in [0, 0.1) is 31.3 Å². The van der Waals surface area contributed by atoms with Crippen LogP contribution in [0.1, 0.15) is 42.0 Å². The topological polar surface area (TPSA) is 25.2 Å². The lowest BCUT2D eigenvalue weighted by Crippen LogP contribution is -2.25. The lowest BCUT2D eigenvalue weighted by atomic mass is 9.97. The highest BCUT2D eigenvalue weighted by molar-refractivity contribution is 5.36. The van der Waals surface area contributed by atoms with E-state index in [1.165, 1.54) is 0 Å². The van der Waals surface area contributed by atoms with Gasteiger partial charge in [-0.25, -0.2) is 13.2 Å². The van der Waals surface area contributed by atoms with E-state index in [2.05, 4.69) is 5.32 Å². The maximum absolute atomic E-state index is 14.1. The predicted octanol–water partition coefficient (Wildman–Crippen LogP) is 4.40. The van der Waals surface area contributed by atoms with Crippen molar-refractivity contribution in [1.82, 2.24) is 5.32 Å². The van der Waals surface area contributed by atoms with Crippen molar-refractivity contribution in [2.75, 3.05) is 6.54 Å². The minimum absolute atomic E-state index is 0.186. The zero-order chi connectivity index (χ0) is 15.6. The zero-order valence-corrected chi connectivity index (χ0v) is 12.3. The van der Waals surface area contributed by atoms with E-state index in [1.54, 1.807) is 19.9 Å². The summed E-state index contributed by atoms with van der Waals surface area (Å²) < 4.78 is 46.7. The second-order valence-corrected chi connectivity index (χ2v) is 5.04. The molecule has 0 saturated heterocycles. The van der Waals surface area contributed by atoms with Crippen LogP contribution >= 0.6 is 0 Å². The molecule has 5 heteroatoms. The van der Waals surface area contributed by atoms with Gasteiger partial charge in [-0.1, -0.05) is 6.92 Å². The predicted molar refractivity (Wildman–Crippen MR) is 74.6 cm³/mol. The maximum atomic E-state index is 14.1. The molecule has 1 aromatic heterocycles. The fourth-order valence-electron chi connectivity index (χ4n) is 2.42. The third-order valence-electron chi connectivity index (χ3n) is 3.32. The largest absolute Gasteiger partial charge is 0.466 e. The molecule has 1 unspecified atom stereocenters. The van der Waals surface area contributed by atoms with Gasteiger partial charge in [0.15, 0.2) is 0 Å². The van der Waals surface area contributed by atoms with Crippen LogP contribution in [0.5, 0.6) is 0 Å². The van der Waals surface area contributed by atoms with Gasteiger partial charge in [0.2, 0.25) is 0 Å². The third kappa shape index (κ3) is 3.29. The number of halogens is 3. The highest BCUT2D eigenvalue weighted by atomic mass is 19.1. The molecule has 0 fully saturated rings. The van der Waals surface area contributed by atoms with Gasteiger partial charge in [-0.15, -0.1) is 0 Å². The van der Waals surface area contributed by atoms with Gasteiger partial charge in [0.05, 0.1) is 6.04 Å². The fraction of sp³-hybridized carbons (Fsp3) is 0.375. The molecule has 0 aliphatic rings. The minimum atomic E-state index is -0.928. The Bertz CT molecular complexity index is 613. The molecular weight excluding hydrogens is 279 g/mol. The first-order valence-electron chi connectivity index (χ1n) is 6.88. The van der Waals surface area contributed by atoms with Crippen molar-refractivity contribution in [1.29, 1.82) is 0 Å². The van der Waals surface area contributed by atoms with Crippen LogP contribution in [0.4, 0.5) is 13.2 Å². The van der Waals surface area contributed by atoms with E-state index in [-0.39, 0.29) is 5.56 Å². The Balaban J connectivity index is 2.53. The van der Waals surface area contributed by atoms with Crippen molar-refractivity contribution in [3.63, 3.8) is 0 Å². The molecule has 114 valence electrons. The molecule has 2 nitrogen and oxygen atoms in total. The normalized spacial score (nSPS) is 12.7. The van der Waals surface area contributed by atoms with Crippen LogP contribution in [0.2, 0.25) is 0 Å². The summed E-state index contributed by atoms with van der Waals surface area (Å²) in [6.07, 6.45) is 0.802. The molecule has 21 heavy (non-hydrogen) atoms. The zero-order valence-electron chi connectivity index (χ0n) is 12.3. The highest BCUT2D eigenvalue weighted by Crippen LogP contribution is 2.31. The molecule has 0 amide bonds. The Labute approximate surface area is 122 Å². The van der Waals surface area contributed by atoms with Crippen molar-refractivity contribution < 1.29 is 17.6 Å². The lowest BCUT2D eigenvalue weighted by Gasteiger charge is -2.20. The van der Waals surface area contributed by atoms with Gasteiger partial charge in [-0.2, -0.15) is 0 Å². The summed E-state index contributed by atoms with van der Waals surface area (Å²) in [5.74, 6) is -1.49. The first kappa shape index (κ1) is 15.6. The maximum Gasteiger partial charge on any atom is 0.134 e. The molecule has 0 aliphatic heterocycles. The van der Waals surface area contributed by atoms with Gasteiger partial charge in [0.25, 0.3) is 0 Å². The summed E-state index contributed by atoms with van der Waals surface area (Å²) in [5, 5.41) is 3.09. The summed E-state index contributed by atoms with van der Waals surface area (Å²) in [5.41, 5.74) is 0.471. The molecule has 2 rings (SSSR count). The van der Waals surface area contributed by atoms with E-state index < -0.39 is 23.5 Å². The van der Waals surface area contributed by atoms with Crippen LogP contribution in [-0.2, 0) is 0 Å². The summed E-state index contributed by atoms with van der Waals surface area (Å²) >= 11 is 0. The molecule has 1 N–H and O–H groups in total. The van der Waals surface area contributed by atoms with E-state index >= 15 is 0 Å². The third-order valence-corrected chi connectivity index (χ3v) is 3.32. The van der Waals surface area contributed by atoms with Crippen LogP contribution in [0.3, 0.4) is 0 Å². The van der Waals surface area contributed by atoms with Crippen LogP contribution in [-0.4, -0.2) is 6.54 Å².